The summed E-state index contributed by atoms with van der Waals surface area (Å²) in [5.74, 6) is 0. The van der Waals surface area contributed by atoms with E-state index in [-0.39, 0.29) is 51.4 Å². The fourth-order valence-corrected chi connectivity index (χ4v) is 3.69. The van der Waals surface area contributed by atoms with E-state index in [0.29, 0.717) is 0 Å². The van der Waals surface area contributed by atoms with Gasteiger partial charge in [0.25, 0.3) is 0 Å². The fraction of sp³-hybridized carbons (Fsp3) is 1.00. The van der Waals surface area contributed by atoms with Gasteiger partial charge in [0.2, 0.25) is 0 Å². The predicted molar refractivity (Wildman–Crippen MR) is 74.5 cm³/mol. The Bertz CT molecular complexity index is 542. The maximum absolute atomic E-state index is 11.0. The van der Waals surface area contributed by atoms with Crippen LogP contribution in [0.15, 0.2) is 0 Å². The van der Waals surface area contributed by atoms with Crippen LogP contribution >= 0.6 is 23.5 Å². The van der Waals surface area contributed by atoms with E-state index in [1.165, 1.54) is 0 Å². The van der Waals surface area contributed by atoms with E-state index in [0.717, 1.165) is 0 Å². The molecule has 1 saturated carbocycles. The van der Waals surface area contributed by atoms with Crippen LogP contribution in [0.3, 0.4) is 0 Å². The van der Waals surface area contributed by atoms with Gasteiger partial charge in [0.15, 0.2) is 0 Å². The molecule has 0 aliphatic heterocycles. The Balaban J connectivity index is 0.00000576. The number of phosphoric acid groups is 3. The number of aliphatic hydroxyl groups is 3. The zero-order chi connectivity index (χ0) is 19.1. The third-order valence-electron chi connectivity index (χ3n) is 2.80. The van der Waals surface area contributed by atoms with Crippen molar-refractivity contribution in [1.29, 1.82) is 0 Å². The molecule has 15 nitrogen and oxygen atoms in total. The van der Waals surface area contributed by atoms with Gasteiger partial charge in [-0.1, -0.05) is 0 Å². The Labute approximate surface area is 182 Å². The fourth-order valence-electron chi connectivity index (χ4n) is 2.01. The summed E-state index contributed by atoms with van der Waals surface area (Å²) in [6.07, 6.45) is -14.3. The zero-order valence-electron chi connectivity index (χ0n) is 12.3. The Morgan fingerprint density at radius 2 is 0.760 bits per heavy atom. The number of hydrogen-bond donors (Lipinski definition) is 9. The second kappa shape index (κ2) is 9.56. The van der Waals surface area contributed by atoms with Crippen LogP contribution in [0.25, 0.3) is 0 Å². The quantitative estimate of drug-likeness (QED) is 0.136. The zero-order valence-corrected chi connectivity index (χ0v) is 18.1. The van der Waals surface area contributed by atoms with Gasteiger partial charge in [0.1, 0.15) is 36.6 Å². The van der Waals surface area contributed by atoms with Gasteiger partial charge in [-0.3, -0.25) is 13.6 Å². The van der Waals surface area contributed by atoms with Crippen LogP contribution in [0.2, 0.25) is 0 Å². The Morgan fingerprint density at radius 1 is 0.520 bits per heavy atom. The van der Waals surface area contributed by atoms with Crippen LogP contribution in [0.1, 0.15) is 0 Å². The summed E-state index contributed by atoms with van der Waals surface area (Å²) in [6, 6.07) is 0. The Hall–Kier alpha value is 1.85. The van der Waals surface area contributed by atoms with Crippen molar-refractivity contribution in [3.63, 3.8) is 0 Å². The Kier molecular flexibility index (Phi) is 10.3. The molecular formula is C6H15KO15P3. The van der Waals surface area contributed by atoms with Crippen LogP contribution in [0, 0.1) is 0 Å². The van der Waals surface area contributed by atoms with Crippen LogP contribution in [-0.2, 0) is 27.3 Å². The summed E-state index contributed by atoms with van der Waals surface area (Å²) in [5.41, 5.74) is 0. The molecule has 6 atom stereocenters. The third kappa shape index (κ3) is 8.81. The number of aliphatic hydroxyl groups excluding tert-OH is 3. The van der Waals surface area contributed by atoms with Crippen LogP contribution in [0.4, 0.5) is 0 Å². The first-order chi connectivity index (χ1) is 10.5. The van der Waals surface area contributed by atoms with Crippen LogP contribution in [0.5, 0.6) is 0 Å². The van der Waals surface area contributed by atoms with Crippen molar-refractivity contribution in [3.05, 3.63) is 0 Å². The molecule has 1 rings (SSSR count). The van der Waals surface area contributed by atoms with Crippen molar-refractivity contribution in [2.24, 2.45) is 0 Å². The van der Waals surface area contributed by atoms with E-state index in [2.05, 4.69) is 13.6 Å². The van der Waals surface area contributed by atoms with E-state index in [1.54, 1.807) is 0 Å². The van der Waals surface area contributed by atoms with Crippen LogP contribution < -0.4 is 0 Å². The van der Waals surface area contributed by atoms with E-state index < -0.39 is 60.1 Å². The van der Waals surface area contributed by atoms with Gasteiger partial charge < -0.3 is 44.7 Å². The molecule has 0 aromatic carbocycles. The van der Waals surface area contributed by atoms with E-state index >= 15 is 0 Å². The van der Waals surface area contributed by atoms with Crippen molar-refractivity contribution in [2.75, 3.05) is 0 Å². The smallest absolute Gasteiger partial charge is 0.387 e. The summed E-state index contributed by atoms with van der Waals surface area (Å²) < 4.78 is 45.0. The summed E-state index contributed by atoms with van der Waals surface area (Å²) >= 11 is 0. The molecule has 145 valence electrons. The van der Waals surface area contributed by atoms with Crippen molar-refractivity contribution in [1.82, 2.24) is 0 Å². The minimum Gasteiger partial charge on any atom is -0.387 e. The molecule has 0 bridgehead atoms. The Morgan fingerprint density at radius 3 is 1.00 bits per heavy atom. The summed E-state index contributed by atoms with van der Waals surface area (Å²) in [6.45, 7) is 0. The maximum Gasteiger partial charge on any atom is 0.470 e. The first kappa shape index (κ1) is 26.8. The van der Waals surface area contributed by atoms with Gasteiger partial charge >= 0.3 is 23.5 Å². The third-order valence-corrected chi connectivity index (χ3v) is 4.35. The summed E-state index contributed by atoms with van der Waals surface area (Å²) in [5, 5.41) is 29.0. The standard InChI is InChI=1S/C6H15O15P3.K/c7-1-2(8)4(19-22(10,11)12)6(21-24(16,17)18)5(3(1)9)20-23(13,14)15;/h1-9H,(H2,10,11,12)(H2,13,14,15)(H2,16,17,18);/t1?,2-,3-,4-,5+,6?;/m0./s1. The minimum atomic E-state index is -5.48. The molecule has 0 heterocycles. The van der Waals surface area contributed by atoms with Gasteiger partial charge in [-0.2, -0.15) is 0 Å². The number of phosphoric ester groups is 3. The predicted octanol–water partition coefficient (Wildman–Crippen LogP) is -3.86. The topological polar surface area (TPSA) is 261 Å². The van der Waals surface area contributed by atoms with Gasteiger partial charge in [-0.15, -0.1) is 0 Å². The summed E-state index contributed by atoms with van der Waals surface area (Å²) in [4.78, 5) is 52.7. The first-order valence-electron chi connectivity index (χ1n) is 5.78. The largest absolute Gasteiger partial charge is 0.470 e. The molecule has 25 heavy (non-hydrogen) atoms. The number of hydrogen-bond acceptors (Lipinski definition) is 9. The molecule has 1 aliphatic rings. The van der Waals surface area contributed by atoms with Gasteiger partial charge in [0.05, 0.1) is 0 Å². The molecule has 9 N–H and O–H groups in total. The second-order valence-corrected chi connectivity index (χ2v) is 8.23. The van der Waals surface area contributed by atoms with Crippen molar-refractivity contribution < 1.29 is 71.9 Å². The van der Waals surface area contributed by atoms with E-state index in [4.69, 9.17) is 29.4 Å². The maximum atomic E-state index is 11.0. The summed E-state index contributed by atoms with van der Waals surface area (Å²) in [7, 11) is -16.3. The molecule has 19 heteroatoms. The van der Waals surface area contributed by atoms with Gasteiger partial charge in [-0.05, 0) is 0 Å². The van der Waals surface area contributed by atoms with Crippen molar-refractivity contribution >= 4 is 74.9 Å². The normalized spacial score (nSPS) is 34.4. The average molecular weight is 459 g/mol. The molecule has 0 saturated heterocycles. The van der Waals surface area contributed by atoms with Crippen LogP contribution in [-0.4, -0.2) is 133 Å². The minimum absolute atomic E-state index is 0. The molecule has 0 amide bonds. The second-order valence-electron chi connectivity index (χ2n) is 4.65. The molecule has 1 radical (unpaired) electrons. The average Bonchev–Trinajstić information content (AvgIpc) is 2.32. The monoisotopic (exact) mass is 459 g/mol. The van der Waals surface area contributed by atoms with Gasteiger partial charge in [0, 0.05) is 51.4 Å². The van der Waals surface area contributed by atoms with Gasteiger partial charge in [-0.25, -0.2) is 13.7 Å². The SMILES string of the molecule is O=P(O)(O)OC1[C@@H](OP(=O)(O)O)[C@@H](O)C(O)[C@H](O)[C@H]1OP(=O)(O)O.[K]. The molecule has 2 unspecified atom stereocenters. The molecule has 0 aromatic heterocycles. The molecule has 0 spiro atoms. The molecule has 1 fully saturated rings. The molecule has 1 aliphatic carbocycles. The van der Waals surface area contributed by atoms with E-state index in [9.17, 15) is 29.0 Å². The molecule has 0 aromatic rings. The van der Waals surface area contributed by atoms with E-state index in [1.807, 2.05) is 0 Å². The molecular weight excluding hydrogens is 444 g/mol. The van der Waals surface area contributed by atoms with Crippen molar-refractivity contribution in [3.8, 4) is 0 Å². The first-order valence-corrected chi connectivity index (χ1v) is 10.4. The number of rotatable bonds is 6. The van der Waals surface area contributed by atoms with Crippen molar-refractivity contribution in [2.45, 2.75) is 36.6 Å².